The smallest absolute Gasteiger partial charge is 0.229 e. The lowest BCUT2D eigenvalue weighted by Gasteiger charge is -2.09. The van der Waals surface area contributed by atoms with Crippen molar-refractivity contribution in [2.75, 3.05) is 7.11 Å². The molecule has 1 atom stereocenters. The lowest BCUT2D eigenvalue weighted by Crippen LogP contribution is -2.13. The van der Waals surface area contributed by atoms with Gasteiger partial charge in [0.2, 0.25) is 17.6 Å². The Balaban J connectivity index is 2.08. The Bertz CT molecular complexity index is 556. The van der Waals surface area contributed by atoms with Crippen LogP contribution >= 0.6 is 0 Å². The Morgan fingerprint density at radius 1 is 1.35 bits per heavy atom. The van der Waals surface area contributed by atoms with Gasteiger partial charge in [0.25, 0.3) is 0 Å². The Kier molecular flexibility index (Phi) is 4.62. The second-order valence-electron chi connectivity index (χ2n) is 4.94. The Labute approximate surface area is 117 Å². The maximum atomic E-state index is 9.86. The van der Waals surface area contributed by atoms with Gasteiger partial charge in [-0.1, -0.05) is 19.0 Å². The van der Waals surface area contributed by atoms with E-state index in [-0.39, 0.29) is 0 Å². The van der Waals surface area contributed by atoms with Crippen LogP contribution in [0.5, 0.6) is 5.88 Å². The first kappa shape index (κ1) is 14.4. The van der Waals surface area contributed by atoms with Crippen molar-refractivity contribution in [2.24, 2.45) is 5.92 Å². The third-order valence-corrected chi connectivity index (χ3v) is 2.70. The summed E-state index contributed by atoms with van der Waals surface area (Å²) in [5.74, 6) is 1.60. The highest BCUT2D eigenvalue weighted by Gasteiger charge is 2.15. The van der Waals surface area contributed by atoms with E-state index >= 15 is 0 Å². The second kappa shape index (κ2) is 6.42. The molecule has 7 nitrogen and oxygen atoms in total. The molecule has 0 aliphatic rings. The van der Waals surface area contributed by atoms with Crippen LogP contribution in [0.15, 0.2) is 16.9 Å². The molecule has 2 aromatic heterocycles. The standard InChI is InChI=1S/C13H18N4O3/c1-8(2)4-9(18)5-12-16-13(17-20-12)10-6-11(19-3)15-7-14-10/h6-9,18H,4-5H2,1-3H3. The number of hydrogen-bond donors (Lipinski definition) is 1. The zero-order valence-corrected chi connectivity index (χ0v) is 11.8. The van der Waals surface area contributed by atoms with Gasteiger partial charge >= 0.3 is 0 Å². The molecule has 0 aliphatic heterocycles. The summed E-state index contributed by atoms with van der Waals surface area (Å²) in [4.78, 5) is 12.2. The molecule has 0 aromatic carbocycles. The number of ether oxygens (including phenoxy) is 1. The van der Waals surface area contributed by atoms with Gasteiger partial charge in [0, 0.05) is 6.07 Å². The van der Waals surface area contributed by atoms with Crippen molar-refractivity contribution in [2.45, 2.75) is 32.8 Å². The first-order valence-electron chi connectivity index (χ1n) is 6.45. The molecule has 108 valence electrons. The topological polar surface area (TPSA) is 94.2 Å². The third kappa shape index (κ3) is 3.74. The van der Waals surface area contributed by atoms with Crippen LogP contribution in [0.4, 0.5) is 0 Å². The Hall–Kier alpha value is -2.02. The number of methoxy groups -OCH3 is 1. The van der Waals surface area contributed by atoms with Crippen LogP contribution in [0.25, 0.3) is 11.5 Å². The molecule has 1 N–H and O–H groups in total. The average molecular weight is 278 g/mol. The van der Waals surface area contributed by atoms with Crippen molar-refractivity contribution in [1.82, 2.24) is 20.1 Å². The van der Waals surface area contributed by atoms with E-state index in [9.17, 15) is 5.11 Å². The molecule has 0 amide bonds. The van der Waals surface area contributed by atoms with E-state index in [1.165, 1.54) is 13.4 Å². The summed E-state index contributed by atoms with van der Waals surface area (Å²) in [6.07, 6.45) is 1.92. The minimum atomic E-state index is -0.483. The average Bonchev–Trinajstić information content (AvgIpc) is 2.86. The van der Waals surface area contributed by atoms with Crippen molar-refractivity contribution in [3.63, 3.8) is 0 Å². The molecule has 0 spiro atoms. The highest BCUT2D eigenvalue weighted by molar-refractivity contribution is 5.49. The number of hydrogen-bond acceptors (Lipinski definition) is 7. The number of aliphatic hydroxyl groups is 1. The minimum Gasteiger partial charge on any atom is -0.481 e. The van der Waals surface area contributed by atoms with Crippen LogP contribution in [0.1, 0.15) is 26.2 Å². The van der Waals surface area contributed by atoms with Crippen LogP contribution in [0, 0.1) is 5.92 Å². The molecular formula is C13H18N4O3. The maximum Gasteiger partial charge on any atom is 0.229 e. The zero-order chi connectivity index (χ0) is 14.5. The highest BCUT2D eigenvalue weighted by atomic mass is 16.5. The first-order valence-corrected chi connectivity index (χ1v) is 6.45. The van der Waals surface area contributed by atoms with E-state index in [0.717, 1.165) is 0 Å². The molecule has 7 heteroatoms. The molecule has 0 saturated heterocycles. The lowest BCUT2D eigenvalue weighted by atomic mass is 10.0. The van der Waals surface area contributed by atoms with Gasteiger partial charge in [-0.05, 0) is 12.3 Å². The number of aromatic nitrogens is 4. The normalized spacial score (nSPS) is 12.7. The van der Waals surface area contributed by atoms with Gasteiger partial charge in [0.05, 0.1) is 19.6 Å². The molecule has 2 aromatic rings. The predicted molar refractivity (Wildman–Crippen MR) is 71.0 cm³/mol. The van der Waals surface area contributed by atoms with E-state index in [1.54, 1.807) is 6.07 Å². The Morgan fingerprint density at radius 2 is 2.15 bits per heavy atom. The highest BCUT2D eigenvalue weighted by Crippen LogP contribution is 2.17. The van der Waals surface area contributed by atoms with Gasteiger partial charge in [-0.2, -0.15) is 4.98 Å². The van der Waals surface area contributed by atoms with Crippen LogP contribution in [-0.4, -0.2) is 38.4 Å². The molecular weight excluding hydrogens is 260 g/mol. The van der Waals surface area contributed by atoms with Gasteiger partial charge in [0.1, 0.15) is 12.0 Å². The van der Waals surface area contributed by atoms with Crippen molar-refractivity contribution >= 4 is 0 Å². The molecule has 0 fully saturated rings. The van der Waals surface area contributed by atoms with Gasteiger partial charge in [0.15, 0.2) is 0 Å². The van der Waals surface area contributed by atoms with Crippen LogP contribution in [0.2, 0.25) is 0 Å². The van der Waals surface area contributed by atoms with Crippen LogP contribution in [-0.2, 0) is 6.42 Å². The summed E-state index contributed by atoms with van der Waals surface area (Å²) in [5.41, 5.74) is 0.519. The molecule has 0 saturated carbocycles. The minimum absolute atomic E-state index is 0.341. The fourth-order valence-electron chi connectivity index (χ4n) is 1.84. The fourth-order valence-corrected chi connectivity index (χ4v) is 1.84. The molecule has 2 heterocycles. The SMILES string of the molecule is COc1cc(-c2noc(CC(O)CC(C)C)n2)ncn1. The monoisotopic (exact) mass is 278 g/mol. The van der Waals surface area contributed by atoms with Crippen molar-refractivity contribution in [3.05, 3.63) is 18.3 Å². The lowest BCUT2D eigenvalue weighted by molar-refractivity contribution is 0.138. The summed E-state index contributed by atoms with van der Waals surface area (Å²) in [5, 5.41) is 13.7. The summed E-state index contributed by atoms with van der Waals surface area (Å²) in [6, 6.07) is 1.62. The van der Waals surface area contributed by atoms with Crippen molar-refractivity contribution in [1.29, 1.82) is 0 Å². The summed E-state index contributed by atoms with van der Waals surface area (Å²) in [7, 11) is 1.52. The number of rotatable bonds is 6. The zero-order valence-electron chi connectivity index (χ0n) is 11.8. The second-order valence-corrected chi connectivity index (χ2v) is 4.94. The van der Waals surface area contributed by atoms with Gasteiger partial charge in [-0.3, -0.25) is 0 Å². The molecule has 20 heavy (non-hydrogen) atoms. The molecule has 0 radical (unpaired) electrons. The molecule has 2 rings (SSSR count). The molecule has 1 unspecified atom stereocenters. The van der Waals surface area contributed by atoms with E-state index in [0.29, 0.717) is 42.0 Å². The molecule has 0 bridgehead atoms. The molecule has 0 aliphatic carbocycles. The fraction of sp³-hybridized carbons (Fsp3) is 0.538. The van der Waals surface area contributed by atoms with E-state index in [2.05, 4.69) is 34.0 Å². The van der Waals surface area contributed by atoms with Crippen LogP contribution in [0.3, 0.4) is 0 Å². The largest absolute Gasteiger partial charge is 0.481 e. The van der Waals surface area contributed by atoms with E-state index in [1.807, 2.05) is 0 Å². The quantitative estimate of drug-likeness (QED) is 0.855. The van der Waals surface area contributed by atoms with Gasteiger partial charge in [-0.25, -0.2) is 9.97 Å². The summed E-state index contributed by atoms with van der Waals surface area (Å²) < 4.78 is 10.1. The van der Waals surface area contributed by atoms with Crippen molar-refractivity contribution in [3.8, 4) is 17.4 Å². The third-order valence-electron chi connectivity index (χ3n) is 2.70. The summed E-state index contributed by atoms with van der Waals surface area (Å²) in [6.45, 7) is 4.10. The van der Waals surface area contributed by atoms with Gasteiger partial charge in [-0.15, -0.1) is 0 Å². The van der Waals surface area contributed by atoms with E-state index in [4.69, 9.17) is 9.26 Å². The maximum absolute atomic E-state index is 9.86. The number of aliphatic hydroxyl groups excluding tert-OH is 1. The van der Waals surface area contributed by atoms with Gasteiger partial charge < -0.3 is 14.4 Å². The van der Waals surface area contributed by atoms with Crippen LogP contribution < -0.4 is 4.74 Å². The van der Waals surface area contributed by atoms with E-state index < -0.39 is 6.10 Å². The first-order chi connectivity index (χ1) is 9.58. The van der Waals surface area contributed by atoms with Crippen molar-refractivity contribution < 1.29 is 14.4 Å². The summed E-state index contributed by atoms with van der Waals surface area (Å²) >= 11 is 0. The Morgan fingerprint density at radius 3 is 2.85 bits per heavy atom. The number of nitrogens with zero attached hydrogens (tertiary/aromatic N) is 4. The predicted octanol–water partition coefficient (Wildman–Crippen LogP) is 1.48.